The van der Waals surface area contributed by atoms with Crippen molar-refractivity contribution in [1.29, 1.82) is 0 Å². The maximum Gasteiger partial charge on any atom is 0.222 e. The van der Waals surface area contributed by atoms with E-state index < -0.39 is 0 Å². The molecule has 2 unspecified atom stereocenters. The molecular weight excluding hydrogens is 198 g/mol. The van der Waals surface area contributed by atoms with Gasteiger partial charge in [0.25, 0.3) is 0 Å². The number of rotatable bonds is 2. The van der Waals surface area contributed by atoms with Crippen molar-refractivity contribution in [3.8, 4) is 0 Å². The molecule has 3 fully saturated rings. The molecule has 3 aliphatic rings. The summed E-state index contributed by atoms with van der Waals surface area (Å²) in [5.41, 5.74) is 0. The number of likely N-dealkylation sites (tertiary alicyclic amines) is 1. The maximum atomic E-state index is 12.2. The standard InChI is InChI=1S/C14H23NO/c16-14(8-11-3-1-4-11)15-9-12-5-2-6-13(7-12)10-15/h11-13H,1-10H2. The number of hydrogen-bond acceptors (Lipinski definition) is 1. The van der Waals surface area contributed by atoms with E-state index in [1.54, 1.807) is 0 Å². The van der Waals surface area contributed by atoms with Crippen LogP contribution in [0.4, 0.5) is 0 Å². The van der Waals surface area contributed by atoms with E-state index in [9.17, 15) is 4.79 Å². The van der Waals surface area contributed by atoms with E-state index in [-0.39, 0.29) is 0 Å². The van der Waals surface area contributed by atoms with Crippen molar-refractivity contribution in [2.45, 2.75) is 51.4 Å². The van der Waals surface area contributed by atoms with Gasteiger partial charge in [0, 0.05) is 19.5 Å². The molecule has 0 N–H and O–H groups in total. The Balaban J connectivity index is 1.55. The highest BCUT2D eigenvalue weighted by atomic mass is 16.2. The summed E-state index contributed by atoms with van der Waals surface area (Å²) >= 11 is 0. The maximum absolute atomic E-state index is 12.2. The Morgan fingerprint density at radius 3 is 2.19 bits per heavy atom. The van der Waals surface area contributed by atoms with Gasteiger partial charge >= 0.3 is 0 Å². The molecule has 2 heteroatoms. The summed E-state index contributed by atoms with van der Waals surface area (Å²) in [4.78, 5) is 14.3. The Hall–Kier alpha value is -0.530. The van der Waals surface area contributed by atoms with E-state index in [0.29, 0.717) is 5.91 Å². The highest BCUT2D eigenvalue weighted by Gasteiger charge is 2.33. The number of fused-ring (bicyclic) bond motifs is 2. The summed E-state index contributed by atoms with van der Waals surface area (Å²) in [6.07, 6.45) is 10.3. The van der Waals surface area contributed by atoms with Gasteiger partial charge in [-0.1, -0.05) is 12.8 Å². The Morgan fingerprint density at radius 1 is 1.00 bits per heavy atom. The molecule has 2 bridgehead atoms. The molecule has 2 saturated carbocycles. The van der Waals surface area contributed by atoms with Crippen molar-refractivity contribution in [3.05, 3.63) is 0 Å². The van der Waals surface area contributed by atoms with Gasteiger partial charge in [-0.3, -0.25) is 4.79 Å². The summed E-state index contributed by atoms with van der Waals surface area (Å²) in [6.45, 7) is 2.14. The van der Waals surface area contributed by atoms with Gasteiger partial charge in [0.05, 0.1) is 0 Å². The minimum atomic E-state index is 0.460. The van der Waals surface area contributed by atoms with Crippen LogP contribution in [0, 0.1) is 17.8 Å². The Morgan fingerprint density at radius 2 is 1.62 bits per heavy atom. The predicted octanol–water partition coefficient (Wildman–Crippen LogP) is 2.83. The Labute approximate surface area is 98.4 Å². The summed E-state index contributed by atoms with van der Waals surface area (Å²) in [5.74, 6) is 2.85. The molecule has 0 aromatic carbocycles. The number of carbonyl (C=O) groups is 1. The van der Waals surface area contributed by atoms with Crippen LogP contribution in [0.25, 0.3) is 0 Å². The number of amides is 1. The van der Waals surface area contributed by atoms with Gasteiger partial charge in [-0.05, 0) is 49.9 Å². The van der Waals surface area contributed by atoms with Crippen LogP contribution in [0.3, 0.4) is 0 Å². The third kappa shape index (κ3) is 2.11. The van der Waals surface area contributed by atoms with Crippen LogP contribution in [0.1, 0.15) is 51.4 Å². The average molecular weight is 221 g/mol. The quantitative estimate of drug-likeness (QED) is 0.702. The highest BCUT2D eigenvalue weighted by molar-refractivity contribution is 5.76. The minimum absolute atomic E-state index is 0.460. The first-order valence-corrected chi connectivity index (χ1v) is 7.09. The average Bonchev–Trinajstić information content (AvgIpc) is 2.22. The number of hydrogen-bond donors (Lipinski definition) is 0. The van der Waals surface area contributed by atoms with Crippen molar-refractivity contribution in [2.75, 3.05) is 13.1 Å². The lowest BCUT2D eigenvalue weighted by Crippen LogP contribution is -2.46. The number of piperidine rings is 1. The second-order valence-corrected chi connectivity index (χ2v) is 6.20. The van der Waals surface area contributed by atoms with Crippen molar-refractivity contribution < 1.29 is 4.79 Å². The first-order valence-electron chi connectivity index (χ1n) is 7.09. The molecule has 2 nitrogen and oxygen atoms in total. The lowest BCUT2D eigenvalue weighted by atomic mass is 9.77. The molecule has 1 amide bonds. The van der Waals surface area contributed by atoms with Crippen LogP contribution in [0.15, 0.2) is 0 Å². The van der Waals surface area contributed by atoms with Gasteiger partial charge in [-0.15, -0.1) is 0 Å². The van der Waals surface area contributed by atoms with Gasteiger partial charge in [-0.25, -0.2) is 0 Å². The summed E-state index contributed by atoms with van der Waals surface area (Å²) in [7, 11) is 0. The summed E-state index contributed by atoms with van der Waals surface area (Å²) in [6, 6.07) is 0. The van der Waals surface area contributed by atoms with E-state index in [2.05, 4.69) is 4.90 Å². The molecule has 16 heavy (non-hydrogen) atoms. The molecular formula is C14H23NO. The highest BCUT2D eigenvalue weighted by Crippen LogP contribution is 2.36. The zero-order valence-corrected chi connectivity index (χ0v) is 10.2. The molecule has 3 rings (SSSR count). The Kier molecular flexibility index (Phi) is 2.91. The minimum Gasteiger partial charge on any atom is -0.342 e. The zero-order valence-electron chi connectivity index (χ0n) is 10.2. The topological polar surface area (TPSA) is 20.3 Å². The Bertz CT molecular complexity index is 260. The molecule has 0 spiro atoms. The SMILES string of the molecule is O=C(CC1CCC1)N1CC2CCCC(C2)C1. The van der Waals surface area contributed by atoms with E-state index in [1.165, 1.54) is 44.9 Å². The van der Waals surface area contributed by atoms with Crippen molar-refractivity contribution in [3.63, 3.8) is 0 Å². The predicted molar refractivity (Wildman–Crippen MR) is 64.0 cm³/mol. The normalized spacial score (nSPS) is 34.6. The van der Waals surface area contributed by atoms with Gasteiger partial charge < -0.3 is 4.90 Å². The first-order chi connectivity index (χ1) is 7.81. The van der Waals surface area contributed by atoms with E-state index in [4.69, 9.17) is 0 Å². The van der Waals surface area contributed by atoms with Crippen molar-refractivity contribution in [2.24, 2.45) is 17.8 Å². The van der Waals surface area contributed by atoms with E-state index in [1.807, 2.05) is 0 Å². The van der Waals surface area contributed by atoms with Crippen LogP contribution in [-0.4, -0.2) is 23.9 Å². The summed E-state index contributed by atoms with van der Waals surface area (Å²) < 4.78 is 0. The largest absolute Gasteiger partial charge is 0.342 e. The van der Waals surface area contributed by atoms with Crippen molar-refractivity contribution in [1.82, 2.24) is 4.90 Å². The van der Waals surface area contributed by atoms with Crippen LogP contribution >= 0.6 is 0 Å². The van der Waals surface area contributed by atoms with Gasteiger partial charge in [0.1, 0.15) is 0 Å². The molecule has 0 radical (unpaired) electrons. The molecule has 1 saturated heterocycles. The van der Waals surface area contributed by atoms with E-state index >= 15 is 0 Å². The molecule has 2 atom stereocenters. The van der Waals surface area contributed by atoms with Crippen molar-refractivity contribution >= 4 is 5.91 Å². The van der Waals surface area contributed by atoms with E-state index in [0.717, 1.165) is 37.3 Å². The molecule has 0 aromatic rings. The molecule has 2 aliphatic carbocycles. The van der Waals surface area contributed by atoms with Gasteiger partial charge in [-0.2, -0.15) is 0 Å². The second-order valence-electron chi connectivity index (χ2n) is 6.20. The fourth-order valence-corrected chi connectivity index (χ4v) is 3.71. The third-order valence-corrected chi connectivity index (χ3v) is 4.89. The molecule has 1 heterocycles. The fraction of sp³-hybridized carbons (Fsp3) is 0.929. The second kappa shape index (κ2) is 4.38. The smallest absolute Gasteiger partial charge is 0.222 e. The molecule has 90 valence electrons. The monoisotopic (exact) mass is 221 g/mol. The first kappa shape index (κ1) is 10.6. The molecule has 0 aromatic heterocycles. The zero-order chi connectivity index (χ0) is 11.0. The lowest BCUT2D eigenvalue weighted by Gasteiger charge is -2.42. The van der Waals surface area contributed by atoms with Crippen LogP contribution in [-0.2, 0) is 4.79 Å². The van der Waals surface area contributed by atoms with Crippen LogP contribution < -0.4 is 0 Å². The fourth-order valence-electron chi connectivity index (χ4n) is 3.71. The number of nitrogens with zero attached hydrogens (tertiary/aromatic N) is 1. The van der Waals surface area contributed by atoms with Crippen LogP contribution in [0.5, 0.6) is 0 Å². The summed E-state index contributed by atoms with van der Waals surface area (Å²) in [5, 5.41) is 0. The van der Waals surface area contributed by atoms with Crippen LogP contribution in [0.2, 0.25) is 0 Å². The molecule has 1 aliphatic heterocycles. The van der Waals surface area contributed by atoms with Gasteiger partial charge in [0.2, 0.25) is 5.91 Å². The van der Waals surface area contributed by atoms with Gasteiger partial charge in [0.15, 0.2) is 0 Å². The third-order valence-electron chi connectivity index (χ3n) is 4.89. The number of carbonyl (C=O) groups excluding carboxylic acids is 1. The lowest BCUT2D eigenvalue weighted by molar-refractivity contribution is -0.136.